The Labute approximate surface area is 113 Å². The molecule has 6 heteroatoms. The fourth-order valence-corrected chi connectivity index (χ4v) is 1.76. The summed E-state index contributed by atoms with van der Waals surface area (Å²) in [5.41, 5.74) is 6.32. The Hall–Kier alpha value is -2.50. The maximum absolute atomic E-state index is 12.5. The van der Waals surface area contributed by atoms with E-state index in [0.717, 1.165) is 6.07 Å². The second-order valence-corrected chi connectivity index (χ2v) is 4.04. The lowest BCUT2D eigenvalue weighted by molar-refractivity contribution is -0.274. The molecule has 2 aromatic rings. The molecule has 0 saturated carbocycles. The van der Waals surface area contributed by atoms with E-state index in [-0.39, 0.29) is 22.7 Å². The van der Waals surface area contributed by atoms with Crippen LogP contribution in [0.15, 0.2) is 48.5 Å². The summed E-state index contributed by atoms with van der Waals surface area (Å²) in [6, 6.07) is 12.6. The number of benzene rings is 2. The molecule has 2 aromatic carbocycles. The van der Waals surface area contributed by atoms with Gasteiger partial charge in [-0.05, 0) is 17.7 Å². The zero-order valence-corrected chi connectivity index (χ0v) is 10.2. The third kappa shape index (κ3) is 3.28. The van der Waals surface area contributed by atoms with Gasteiger partial charge in [-0.3, -0.25) is 5.41 Å². The summed E-state index contributed by atoms with van der Waals surface area (Å²) in [5.74, 6) is -0.701. The standard InChI is InChI=1S/C14H11F3N2O/c15-14(16,17)20-12-8-10(13(18)19)6-7-11(12)9-4-2-1-3-5-9/h1-8H,(H3,18,19). The van der Waals surface area contributed by atoms with Crippen molar-refractivity contribution >= 4 is 5.84 Å². The van der Waals surface area contributed by atoms with Crippen LogP contribution in [-0.2, 0) is 0 Å². The van der Waals surface area contributed by atoms with Crippen molar-refractivity contribution in [2.24, 2.45) is 5.73 Å². The number of ether oxygens (including phenoxy) is 1. The summed E-state index contributed by atoms with van der Waals surface area (Å²) in [4.78, 5) is 0. The predicted molar refractivity (Wildman–Crippen MR) is 69.6 cm³/mol. The van der Waals surface area contributed by atoms with E-state index in [0.29, 0.717) is 5.56 Å². The topological polar surface area (TPSA) is 59.1 Å². The Morgan fingerprint density at radius 2 is 1.70 bits per heavy atom. The number of nitrogens with two attached hydrogens (primary N) is 1. The van der Waals surface area contributed by atoms with E-state index in [2.05, 4.69) is 4.74 Å². The first-order valence-corrected chi connectivity index (χ1v) is 5.66. The molecular formula is C14H11F3N2O. The molecule has 0 radical (unpaired) electrons. The lowest BCUT2D eigenvalue weighted by Crippen LogP contribution is -2.18. The molecule has 0 unspecified atom stereocenters. The summed E-state index contributed by atoms with van der Waals surface area (Å²) in [5, 5.41) is 7.28. The summed E-state index contributed by atoms with van der Waals surface area (Å²) >= 11 is 0. The van der Waals surface area contributed by atoms with Crippen molar-refractivity contribution in [1.82, 2.24) is 0 Å². The van der Waals surface area contributed by atoms with Gasteiger partial charge >= 0.3 is 6.36 Å². The van der Waals surface area contributed by atoms with Gasteiger partial charge in [0.15, 0.2) is 0 Å². The fraction of sp³-hybridized carbons (Fsp3) is 0.0714. The van der Waals surface area contributed by atoms with Crippen LogP contribution in [0.2, 0.25) is 0 Å². The van der Waals surface area contributed by atoms with Gasteiger partial charge in [-0.1, -0.05) is 36.4 Å². The number of hydrogen-bond acceptors (Lipinski definition) is 2. The van der Waals surface area contributed by atoms with Crippen LogP contribution in [0.5, 0.6) is 5.75 Å². The quantitative estimate of drug-likeness (QED) is 0.667. The molecule has 3 nitrogen and oxygen atoms in total. The first-order valence-electron chi connectivity index (χ1n) is 5.66. The highest BCUT2D eigenvalue weighted by Crippen LogP contribution is 2.34. The van der Waals surface area contributed by atoms with Gasteiger partial charge in [0.25, 0.3) is 0 Å². The second kappa shape index (κ2) is 5.24. The molecule has 0 saturated heterocycles. The Morgan fingerprint density at radius 3 is 2.25 bits per heavy atom. The van der Waals surface area contributed by atoms with Crippen LogP contribution >= 0.6 is 0 Å². The van der Waals surface area contributed by atoms with Crippen molar-refractivity contribution < 1.29 is 17.9 Å². The largest absolute Gasteiger partial charge is 0.573 e. The molecule has 0 aliphatic heterocycles. The van der Waals surface area contributed by atoms with E-state index in [4.69, 9.17) is 11.1 Å². The van der Waals surface area contributed by atoms with Crippen LogP contribution in [0.3, 0.4) is 0 Å². The number of nitrogen functional groups attached to an aromatic ring is 1. The van der Waals surface area contributed by atoms with Gasteiger partial charge in [-0.25, -0.2) is 0 Å². The monoisotopic (exact) mass is 280 g/mol. The Morgan fingerprint density at radius 1 is 1.05 bits per heavy atom. The number of halogens is 3. The van der Waals surface area contributed by atoms with Gasteiger partial charge in [0, 0.05) is 11.1 Å². The molecule has 0 aliphatic carbocycles. The summed E-state index contributed by atoms with van der Waals surface area (Å²) in [7, 11) is 0. The normalized spacial score (nSPS) is 11.2. The second-order valence-electron chi connectivity index (χ2n) is 4.04. The first-order chi connectivity index (χ1) is 9.37. The van der Waals surface area contributed by atoms with Crippen LogP contribution in [0.1, 0.15) is 5.56 Å². The van der Waals surface area contributed by atoms with Gasteiger partial charge in [-0.15, -0.1) is 13.2 Å². The Balaban J connectivity index is 2.53. The van der Waals surface area contributed by atoms with E-state index in [1.165, 1.54) is 12.1 Å². The van der Waals surface area contributed by atoms with Crippen LogP contribution < -0.4 is 10.5 Å². The maximum atomic E-state index is 12.5. The highest BCUT2D eigenvalue weighted by atomic mass is 19.4. The molecule has 0 aliphatic rings. The maximum Gasteiger partial charge on any atom is 0.573 e. The van der Waals surface area contributed by atoms with Crippen LogP contribution in [-0.4, -0.2) is 12.2 Å². The van der Waals surface area contributed by atoms with Crippen LogP contribution in [0, 0.1) is 5.41 Å². The number of alkyl halides is 3. The molecule has 2 rings (SSSR count). The van der Waals surface area contributed by atoms with Gasteiger partial charge in [0.2, 0.25) is 0 Å². The molecule has 0 amide bonds. The zero-order chi connectivity index (χ0) is 14.8. The van der Waals surface area contributed by atoms with Gasteiger partial charge in [0.05, 0.1) is 0 Å². The summed E-state index contributed by atoms with van der Waals surface area (Å²) in [6.07, 6.45) is -4.81. The highest BCUT2D eigenvalue weighted by molar-refractivity contribution is 5.96. The third-order valence-corrected chi connectivity index (χ3v) is 2.60. The third-order valence-electron chi connectivity index (χ3n) is 2.60. The van der Waals surface area contributed by atoms with Crippen molar-refractivity contribution in [2.45, 2.75) is 6.36 Å². The fourth-order valence-electron chi connectivity index (χ4n) is 1.76. The van der Waals surface area contributed by atoms with Crippen molar-refractivity contribution in [1.29, 1.82) is 5.41 Å². The minimum atomic E-state index is -4.81. The van der Waals surface area contributed by atoms with Crippen molar-refractivity contribution in [3.8, 4) is 16.9 Å². The first kappa shape index (κ1) is 13.9. The number of amidine groups is 1. The van der Waals surface area contributed by atoms with E-state index in [1.54, 1.807) is 30.3 Å². The zero-order valence-electron chi connectivity index (χ0n) is 10.2. The van der Waals surface area contributed by atoms with E-state index in [1.807, 2.05) is 0 Å². The minimum Gasteiger partial charge on any atom is -0.405 e. The molecule has 3 N–H and O–H groups in total. The molecule has 0 fully saturated rings. The minimum absolute atomic E-state index is 0.170. The van der Waals surface area contributed by atoms with Crippen LogP contribution in [0.4, 0.5) is 13.2 Å². The van der Waals surface area contributed by atoms with Gasteiger partial charge in [0.1, 0.15) is 11.6 Å². The SMILES string of the molecule is N=C(N)c1ccc(-c2ccccc2)c(OC(F)(F)F)c1. The Kier molecular flexibility index (Phi) is 3.65. The summed E-state index contributed by atoms with van der Waals surface area (Å²) in [6.45, 7) is 0. The average Bonchev–Trinajstić information content (AvgIpc) is 2.37. The Bertz CT molecular complexity index is 624. The number of hydrogen-bond donors (Lipinski definition) is 2. The molecule has 0 aromatic heterocycles. The molecular weight excluding hydrogens is 269 g/mol. The molecule has 104 valence electrons. The van der Waals surface area contributed by atoms with E-state index < -0.39 is 6.36 Å². The molecule has 20 heavy (non-hydrogen) atoms. The van der Waals surface area contributed by atoms with Crippen molar-refractivity contribution in [2.75, 3.05) is 0 Å². The lowest BCUT2D eigenvalue weighted by Gasteiger charge is -2.14. The van der Waals surface area contributed by atoms with Crippen LogP contribution in [0.25, 0.3) is 11.1 Å². The van der Waals surface area contributed by atoms with Gasteiger partial charge in [-0.2, -0.15) is 0 Å². The number of rotatable bonds is 3. The smallest absolute Gasteiger partial charge is 0.405 e. The molecule has 0 atom stereocenters. The van der Waals surface area contributed by atoms with E-state index in [9.17, 15) is 13.2 Å². The lowest BCUT2D eigenvalue weighted by atomic mass is 10.0. The molecule has 0 bridgehead atoms. The average molecular weight is 280 g/mol. The number of nitrogens with one attached hydrogen (secondary N) is 1. The van der Waals surface area contributed by atoms with Gasteiger partial charge < -0.3 is 10.5 Å². The molecule has 0 heterocycles. The van der Waals surface area contributed by atoms with Crippen molar-refractivity contribution in [3.05, 3.63) is 54.1 Å². The van der Waals surface area contributed by atoms with E-state index >= 15 is 0 Å². The molecule has 0 spiro atoms. The highest BCUT2D eigenvalue weighted by Gasteiger charge is 2.32. The van der Waals surface area contributed by atoms with Crippen molar-refractivity contribution in [3.63, 3.8) is 0 Å². The summed E-state index contributed by atoms with van der Waals surface area (Å²) < 4.78 is 41.4. The predicted octanol–water partition coefficient (Wildman–Crippen LogP) is 3.54.